The van der Waals surface area contributed by atoms with Gasteiger partial charge in [-0.05, 0) is 18.6 Å². The molecule has 0 atom stereocenters. The van der Waals surface area contributed by atoms with Gasteiger partial charge >= 0.3 is 6.18 Å². The molecule has 0 spiro atoms. The van der Waals surface area contributed by atoms with Gasteiger partial charge in [-0.2, -0.15) is 13.2 Å². The Morgan fingerprint density at radius 1 is 1.19 bits per heavy atom. The van der Waals surface area contributed by atoms with E-state index >= 15 is 0 Å². The SMILES string of the molecule is CN(C)C(=O)CCCS(=O)(=O)Cc1csc(-c2ccc(C(F)(F)F)cc2)n1. The highest BCUT2D eigenvalue weighted by Gasteiger charge is 2.30. The van der Waals surface area contributed by atoms with E-state index in [0.29, 0.717) is 16.3 Å². The molecule has 148 valence electrons. The highest BCUT2D eigenvalue weighted by molar-refractivity contribution is 7.90. The number of halogens is 3. The quantitative estimate of drug-likeness (QED) is 0.686. The largest absolute Gasteiger partial charge is 0.416 e. The van der Waals surface area contributed by atoms with Crippen LogP contribution in [0, 0.1) is 0 Å². The summed E-state index contributed by atoms with van der Waals surface area (Å²) in [6.45, 7) is 0. The lowest BCUT2D eigenvalue weighted by Crippen LogP contribution is -2.22. The predicted molar refractivity (Wildman–Crippen MR) is 98.0 cm³/mol. The zero-order chi connectivity index (χ0) is 20.2. The van der Waals surface area contributed by atoms with E-state index in [1.807, 2.05) is 0 Å². The fourth-order valence-electron chi connectivity index (χ4n) is 2.27. The Balaban J connectivity index is 2.00. The third-order valence-electron chi connectivity index (χ3n) is 3.72. The number of rotatable bonds is 7. The molecule has 2 aromatic rings. The zero-order valence-corrected chi connectivity index (χ0v) is 16.4. The van der Waals surface area contributed by atoms with Crippen LogP contribution in [0.3, 0.4) is 0 Å². The van der Waals surface area contributed by atoms with Crippen LogP contribution in [0.5, 0.6) is 0 Å². The van der Waals surface area contributed by atoms with Crippen LogP contribution in [0.1, 0.15) is 24.1 Å². The number of carbonyl (C=O) groups is 1. The van der Waals surface area contributed by atoms with Crippen molar-refractivity contribution in [1.29, 1.82) is 0 Å². The number of nitrogens with zero attached hydrogens (tertiary/aromatic N) is 2. The molecule has 1 aromatic carbocycles. The minimum absolute atomic E-state index is 0.125. The molecule has 0 fully saturated rings. The maximum absolute atomic E-state index is 12.6. The number of benzene rings is 1. The molecular weight excluding hydrogens is 401 g/mol. The van der Waals surface area contributed by atoms with Gasteiger partial charge in [-0.25, -0.2) is 13.4 Å². The molecule has 0 unspecified atom stereocenters. The van der Waals surface area contributed by atoms with Crippen molar-refractivity contribution >= 4 is 27.1 Å². The van der Waals surface area contributed by atoms with E-state index in [0.717, 1.165) is 12.1 Å². The Morgan fingerprint density at radius 3 is 2.37 bits per heavy atom. The van der Waals surface area contributed by atoms with Crippen molar-refractivity contribution < 1.29 is 26.4 Å². The van der Waals surface area contributed by atoms with E-state index in [2.05, 4.69) is 4.98 Å². The fourth-order valence-corrected chi connectivity index (χ4v) is 4.53. The second kappa shape index (κ2) is 8.39. The topological polar surface area (TPSA) is 67.3 Å². The third-order valence-corrected chi connectivity index (χ3v) is 6.31. The van der Waals surface area contributed by atoms with Gasteiger partial charge in [-0.3, -0.25) is 4.79 Å². The van der Waals surface area contributed by atoms with Gasteiger partial charge in [0, 0.05) is 31.5 Å². The second-order valence-electron chi connectivity index (χ2n) is 6.20. The van der Waals surface area contributed by atoms with E-state index in [-0.39, 0.29) is 30.3 Å². The number of alkyl halides is 3. The van der Waals surface area contributed by atoms with Crippen LogP contribution in [0.4, 0.5) is 13.2 Å². The van der Waals surface area contributed by atoms with E-state index < -0.39 is 21.6 Å². The van der Waals surface area contributed by atoms with Crippen LogP contribution in [-0.4, -0.2) is 44.1 Å². The molecule has 1 aromatic heterocycles. The number of sulfone groups is 1. The van der Waals surface area contributed by atoms with Crippen molar-refractivity contribution in [3.63, 3.8) is 0 Å². The Kier molecular flexibility index (Phi) is 6.63. The van der Waals surface area contributed by atoms with E-state index in [9.17, 15) is 26.4 Å². The minimum atomic E-state index is -4.41. The number of carbonyl (C=O) groups excluding carboxylic acids is 1. The van der Waals surface area contributed by atoms with Crippen molar-refractivity contribution in [3.05, 3.63) is 40.9 Å². The van der Waals surface area contributed by atoms with Gasteiger partial charge in [0.25, 0.3) is 0 Å². The number of aromatic nitrogens is 1. The molecule has 1 heterocycles. The van der Waals surface area contributed by atoms with E-state index in [4.69, 9.17) is 0 Å². The van der Waals surface area contributed by atoms with Gasteiger partial charge in [0.05, 0.1) is 22.8 Å². The Bertz CT molecular complexity index is 889. The van der Waals surface area contributed by atoms with Crippen molar-refractivity contribution in [1.82, 2.24) is 9.88 Å². The molecule has 0 bridgehead atoms. The number of hydrogen-bond donors (Lipinski definition) is 0. The highest BCUT2D eigenvalue weighted by atomic mass is 32.2. The van der Waals surface area contributed by atoms with Gasteiger partial charge in [0.1, 0.15) is 5.01 Å². The van der Waals surface area contributed by atoms with Gasteiger partial charge in [0.2, 0.25) is 5.91 Å². The van der Waals surface area contributed by atoms with Crippen LogP contribution in [0.15, 0.2) is 29.6 Å². The smallest absolute Gasteiger partial charge is 0.349 e. The van der Waals surface area contributed by atoms with Crippen molar-refractivity contribution in [2.45, 2.75) is 24.8 Å². The predicted octanol–water partition coefficient (Wildman–Crippen LogP) is 3.61. The molecule has 0 N–H and O–H groups in total. The van der Waals surface area contributed by atoms with Gasteiger partial charge in [-0.1, -0.05) is 12.1 Å². The number of thiazole rings is 1. The van der Waals surface area contributed by atoms with Crippen molar-refractivity contribution in [2.24, 2.45) is 0 Å². The first-order valence-corrected chi connectivity index (χ1v) is 10.7. The van der Waals surface area contributed by atoms with Crippen LogP contribution in [-0.2, 0) is 26.6 Å². The third kappa shape index (κ3) is 6.31. The molecule has 5 nitrogen and oxygen atoms in total. The summed E-state index contributed by atoms with van der Waals surface area (Å²) in [7, 11) is -0.214. The summed E-state index contributed by atoms with van der Waals surface area (Å²) in [5.74, 6) is -0.525. The molecule has 1 amide bonds. The van der Waals surface area contributed by atoms with Crippen LogP contribution in [0.25, 0.3) is 10.6 Å². The standard InChI is InChI=1S/C17H19F3N2O3S2/c1-22(2)15(23)4-3-9-27(24,25)11-14-10-26-16(21-14)12-5-7-13(8-6-12)17(18,19)20/h5-8,10H,3-4,9,11H2,1-2H3. The molecule has 0 saturated carbocycles. The van der Waals surface area contributed by atoms with Gasteiger partial charge in [0.15, 0.2) is 9.84 Å². The Morgan fingerprint density at radius 2 is 1.81 bits per heavy atom. The molecular formula is C17H19F3N2O3S2. The summed E-state index contributed by atoms with van der Waals surface area (Å²) < 4.78 is 62.1. The van der Waals surface area contributed by atoms with Gasteiger partial charge in [-0.15, -0.1) is 11.3 Å². The summed E-state index contributed by atoms with van der Waals surface area (Å²) in [6.07, 6.45) is -4.02. The van der Waals surface area contributed by atoms with Crippen LogP contribution >= 0.6 is 11.3 Å². The Labute approximate surface area is 159 Å². The molecule has 2 rings (SSSR count). The lowest BCUT2D eigenvalue weighted by Gasteiger charge is -2.09. The average Bonchev–Trinajstić information content (AvgIpc) is 3.01. The zero-order valence-electron chi connectivity index (χ0n) is 14.8. The molecule has 0 saturated heterocycles. The van der Waals surface area contributed by atoms with Crippen LogP contribution < -0.4 is 0 Å². The van der Waals surface area contributed by atoms with E-state index in [1.54, 1.807) is 19.5 Å². The van der Waals surface area contributed by atoms with Crippen molar-refractivity contribution in [2.75, 3.05) is 19.8 Å². The first-order valence-electron chi connectivity index (χ1n) is 8.00. The first kappa shape index (κ1) is 21.4. The molecule has 10 heteroatoms. The molecule has 0 aliphatic heterocycles. The number of amides is 1. The monoisotopic (exact) mass is 420 g/mol. The van der Waals surface area contributed by atoms with Crippen LogP contribution in [0.2, 0.25) is 0 Å². The highest BCUT2D eigenvalue weighted by Crippen LogP contribution is 2.32. The Hall–Kier alpha value is -1.94. The average molecular weight is 420 g/mol. The van der Waals surface area contributed by atoms with Gasteiger partial charge < -0.3 is 4.90 Å². The normalized spacial score (nSPS) is 12.2. The fraction of sp³-hybridized carbons (Fsp3) is 0.412. The first-order chi connectivity index (χ1) is 12.5. The molecule has 0 aliphatic rings. The summed E-state index contributed by atoms with van der Waals surface area (Å²) in [5, 5.41) is 2.03. The number of hydrogen-bond acceptors (Lipinski definition) is 5. The summed E-state index contributed by atoms with van der Waals surface area (Å²) >= 11 is 1.17. The van der Waals surface area contributed by atoms with E-state index in [1.165, 1.54) is 28.4 Å². The summed E-state index contributed by atoms with van der Waals surface area (Å²) in [6, 6.07) is 4.56. The lowest BCUT2D eigenvalue weighted by molar-refractivity contribution is -0.137. The minimum Gasteiger partial charge on any atom is -0.349 e. The maximum Gasteiger partial charge on any atom is 0.416 e. The lowest BCUT2D eigenvalue weighted by atomic mass is 10.1. The molecule has 0 aliphatic carbocycles. The second-order valence-corrected chi connectivity index (χ2v) is 9.25. The summed E-state index contributed by atoms with van der Waals surface area (Å²) in [4.78, 5) is 17.1. The van der Waals surface area contributed by atoms with Crippen molar-refractivity contribution in [3.8, 4) is 10.6 Å². The molecule has 27 heavy (non-hydrogen) atoms. The molecule has 0 radical (unpaired) electrons. The summed E-state index contributed by atoms with van der Waals surface area (Å²) in [5.41, 5.74) is 0.0833. The maximum atomic E-state index is 12.6.